The normalized spacial score (nSPS) is 16.7. The molecule has 7 heteroatoms. The van der Waals surface area contributed by atoms with E-state index in [1.54, 1.807) is 0 Å². The van der Waals surface area contributed by atoms with Crippen LogP contribution in [0.5, 0.6) is 0 Å². The zero-order valence-electron chi connectivity index (χ0n) is 11.4. The predicted octanol–water partition coefficient (Wildman–Crippen LogP) is 1.73. The Bertz CT molecular complexity index is 545. The molecule has 21 heavy (non-hydrogen) atoms. The van der Waals surface area contributed by atoms with E-state index in [1.165, 1.54) is 0 Å². The molecule has 0 saturated carbocycles. The molecule has 114 valence electrons. The number of piperidine rings is 1. The third-order valence-electron chi connectivity index (χ3n) is 3.48. The summed E-state index contributed by atoms with van der Waals surface area (Å²) in [6.07, 6.45) is 1.67. The van der Waals surface area contributed by atoms with Crippen LogP contribution >= 0.6 is 38.5 Å². The Morgan fingerprint density at radius 1 is 1.38 bits per heavy atom. The standard InChI is InChI=1S/C14H17BrIN3O2/c15-12-2-1-9(16)7-11(12)14(21)18-10-3-5-19(6-4-10)8-13(17)20/h1-2,7,10H,3-6,8H2,(H2,17,20)(H,18,21). The summed E-state index contributed by atoms with van der Waals surface area (Å²) in [5, 5.41) is 3.06. The third-order valence-corrected chi connectivity index (χ3v) is 4.84. The van der Waals surface area contributed by atoms with Crippen molar-refractivity contribution in [3.8, 4) is 0 Å². The molecule has 1 aromatic rings. The molecule has 2 rings (SSSR count). The Labute approximate surface area is 145 Å². The highest BCUT2D eigenvalue weighted by Crippen LogP contribution is 2.20. The Kier molecular flexibility index (Phi) is 6.00. The van der Waals surface area contributed by atoms with E-state index >= 15 is 0 Å². The molecular weight excluding hydrogens is 449 g/mol. The average molecular weight is 466 g/mol. The topological polar surface area (TPSA) is 75.4 Å². The van der Waals surface area contributed by atoms with Crippen LogP contribution in [0.15, 0.2) is 22.7 Å². The van der Waals surface area contributed by atoms with E-state index in [9.17, 15) is 9.59 Å². The molecule has 1 aromatic carbocycles. The second-order valence-corrected chi connectivity index (χ2v) is 7.21. The molecule has 1 heterocycles. The van der Waals surface area contributed by atoms with Crippen molar-refractivity contribution in [2.45, 2.75) is 18.9 Å². The first kappa shape index (κ1) is 16.7. The molecule has 1 fully saturated rings. The van der Waals surface area contributed by atoms with Crippen molar-refractivity contribution in [2.24, 2.45) is 5.73 Å². The van der Waals surface area contributed by atoms with Gasteiger partial charge in [0.05, 0.1) is 12.1 Å². The monoisotopic (exact) mass is 465 g/mol. The number of hydrogen-bond donors (Lipinski definition) is 2. The molecule has 0 bridgehead atoms. The number of carbonyl (C=O) groups excluding carboxylic acids is 2. The molecule has 2 amide bonds. The van der Waals surface area contributed by atoms with Crippen molar-refractivity contribution in [3.05, 3.63) is 31.8 Å². The molecule has 0 atom stereocenters. The van der Waals surface area contributed by atoms with E-state index < -0.39 is 0 Å². The van der Waals surface area contributed by atoms with Gasteiger partial charge in [-0.1, -0.05) is 0 Å². The van der Waals surface area contributed by atoms with Crippen molar-refractivity contribution in [1.29, 1.82) is 0 Å². The Morgan fingerprint density at radius 2 is 2.05 bits per heavy atom. The molecule has 3 N–H and O–H groups in total. The summed E-state index contributed by atoms with van der Waals surface area (Å²) in [7, 11) is 0. The van der Waals surface area contributed by atoms with E-state index in [-0.39, 0.29) is 17.9 Å². The Hall–Kier alpha value is -0.670. The van der Waals surface area contributed by atoms with Crippen molar-refractivity contribution in [2.75, 3.05) is 19.6 Å². The van der Waals surface area contributed by atoms with E-state index in [2.05, 4.69) is 43.8 Å². The highest BCUT2D eigenvalue weighted by molar-refractivity contribution is 14.1. The Balaban J connectivity index is 1.90. The first-order chi connectivity index (χ1) is 9.95. The summed E-state index contributed by atoms with van der Waals surface area (Å²) >= 11 is 5.60. The van der Waals surface area contributed by atoms with Gasteiger partial charge in [-0.2, -0.15) is 0 Å². The molecule has 0 radical (unpaired) electrons. The summed E-state index contributed by atoms with van der Waals surface area (Å²) < 4.78 is 1.82. The highest BCUT2D eigenvalue weighted by Gasteiger charge is 2.22. The number of amides is 2. The van der Waals surface area contributed by atoms with Gasteiger partial charge in [0.15, 0.2) is 0 Å². The van der Waals surface area contributed by atoms with Gasteiger partial charge in [-0.3, -0.25) is 14.5 Å². The van der Waals surface area contributed by atoms with Crippen LogP contribution in [0.3, 0.4) is 0 Å². The number of carbonyl (C=O) groups is 2. The molecule has 0 unspecified atom stereocenters. The lowest BCUT2D eigenvalue weighted by Crippen LogP contribution is -2.46. The SMILES string of the molecule is NC(=O)CN1CCC(NC(=O)c2cc(I)ccc2Br)CC1. The molecule has 1 saturated heterocycles. The zero-order chi connectivity index (χ0) is 15.4. The second kappa shape index (κ2) is 7.55. The summed E-state index contributed by atoms with van der Waals surface area (Å²) in [6, 6.07) is 5.84. The minimum Gasteiger partial charge on any atom is -0.369 e. The van der Waals surface area contributed by atoms with E-state index in [4.69, 9.17) is 5.73 Å². The lowest BCUT2D eigenvalue weighted by Gasteiger charge is -2.31. The van der Waals surface area contributed by atoms with Crippen LogP contribution in [0.1, 0.15) is 23.2 Å². The fourth-order valence-corrected chi connectivity index (χ4v) is 3.31. The number of nitrogens with zero attached hydrogens (tertiary/aromatic N) is 1. The quantitative estimate of drug-likeness (QED) is 0.665. The molecule has 1 aliphatic heterocycles. The average Bonchev–Trinajstić information content (AvgIpc) is 2.43. The summed E-state index contributed by atoms with van der Waals surface area (Å²) in [6.45, 7) is 1.85. The van der Waals surface area contributed by atoms with Crippen molar-refractivity contribution >= 4 is 50.3 Å². The van der Waals surface area contributed by atoms with Gasteiger partial charge in [-0.15, -0.1) is 0 Å². The Morgan fingerprint density at radius 3 is 2.67 bits per heavy atom. The van der Waals surface area contributed by atoms with Crippen LogP contribution in [0, 0.1) is 3.57 Å². The van der Waals surface area contributed by atoms with Crippen LogP contribution in [0.2, 0.25) is 0 Å². The fourth-order valence-electron chi connectivity index (χ4n) is 2.39. The van der Waals surface area contributed by atoms with Gasteiger partial charge in [0.25, 0.3) is 5.91 Å². The summed E-state index contributed by atoms with van der Waals surface area (Å²) in [4.78, 5) is 25.2. The number of primary amides is 1. The van der Waals surface area contributed by atoms with Gasteiger partial charge in [0.1, 0.15) is 0 Å². The minimum absolute atomic E-state index is 0.0613. The maximum absolute atomic E-state index is 12.3. The van der Waals surface area contributed by atoms with Gasteiger partial charge in [0, 0.05) is 27.2 Å². The molecule has 5 nitrogen and oxygen atoms in total. The van der Waals surface area contributed by atoms with Gasteiger partial charge >= 0.3 is 0 Å². The maximum Gasteiger partial charge on any atom is 0.252 e. The first-order valence-electron chi connectivity index (χ1n) is 6.72. The highest BCUT2D eigenvalue weighted by atomic mass is 127. The predicted molar refractivity (Wildman–Crippen MR) is 93.0 cm³/mol. The number of nitrogens with two attached hydrogens (primary N) is 1. The smallest absolute Gasteiger partial charge is 0.252 e. The van der Waals surface area contributed by atoms with Crippen LogP contribution in [0.4, 0.5) is 0 Å². The number of benzene rings is 1. The van der Waals surface area contributed by atoms with Gasteiger partial charge in [0.2, 0.25) is 5.91 Å². The molecule has 0 aliphatic carbocycles. The van der Waals surface area contributed by atoms with Crippen LogP contribution in [-0.2, 0) is 4.79 Å². The third kappa shape index (κ3) is 4.93. The van der Waals surface area contributed by atoms with Crippen molar-refractivity contribution in [3.63, 3.8) is 0 Å². The number of halogens is 2. The number of rotatable bonds is 4. The molecular formula is C14H17BrIN3O2. The summed E-state index contributed by atoms with van der Waals surface area (Å²) in [5.41, 5.74) is 5.84. The van der Waals surface area contributed by atoms with Gasteiger partial charge in [-0.25, -0.2) is 0 Å². The first-order valence-corrected chi connectivity index (χ1v) is 8.59. The number of hydrogen-bond acceptors (Lipinski definition) is 3. The zero-order valence-corrected chi connectivity index (χ0v) is 15.2. The second-order valence-electron chi connectivity index (χ2n) is 5.11. The van der Waals surface area contributed by atoms with E-state index in [0.717, 1.165) is 34.0 Å². The maximum atomic E-state index is 12.3. The summed E-state index contributed by atoms with van der Waals surface area (Å²) in [5.74, 6) is -0.367. The van der Waals surface area contributed by atoms with Crippen molar-refractivity contribution in [1.82, 2.24) is 10.2 Å². The molecule has 0 spiro atoms. The van der Waals surface area contributed by atoms with E-state index in [0.29, 0.717) is 12.1 Å². The van der Waals surface area contributed by atoms with Crippen LogP contribution in [0.25, 0.3) is 0 Å². The largest absolute Gasteiger partial charge is 0.369 e. The van der Waals surface area contributed by atoms with Crippen LogP contribution in [-0.4, -0.2) is 42.4 Å². The van der Waals surface area contributed by atoms with Crippen LogP contribution < -0.4 is 11.1 Å². The lowest BCUT2D eigenvalue weighted by molar-refractivity contribution is -0.119. The number of likely N-dealkylation sites (tertiary alicyclic amines) is 1. The van der Waals surface area contributed by atoms with Crippen molar-refractivity contribution < 1.29 is 9.59 Å². The number of nitrogens with one attached hydrogen (secondary N) is 1. The molecule has 1 aliphatic rings. The fraction of sp³-hybridized carbons (Fsp3) is 0.429. The van der Waals surface area contributed by atoms with Gasteiger partial charge < -0.3 is 11.1 Å². The minimum atomic E-state index is -0.305. The van der Waals surface area contributed by atoms with Gasteiger partial charge in [-0.05, 0) is 69.6 Å². The lowest BCUT2D eigenvalue weighted by atomic mass is 10.0. The molecule has 0 aromatic heterocycles. The van der Waals surface area contributed by atoms with E-state index in [1.807, 2.05) is 23.1 Å².